The molecule has 0 bridgehead atoms. The summed E-state index contributed by atoms with van der Waals surface area (Å²) in [6.45, 7) is 0. The van der Waals surface area contributed by atoms with Crippen molar-refractivity contribution in [3.63, 3.8) is 0 Å². The number of hydrogen-bond acceptors (Lipinski definition) is 3. The van der Waals surface area contributed by atoms with E-state index >= 15 is 0 Å². The van der Waals surface area contributed by atoms with E-state index in [0.717, 1.165) is 0 Å². The highest BCUT2D eigenvalue weighted by Gasteiger charge is 2.01. The van der Waals surface area contributed by atoms with Crippen LogP contribution in [0.4, 0.5) is 0 Å². The maximum atomic E-state index is 10.1. The summed E-state index contributed by atoms with van der Waals surface area (Å²) in [5.41, 5.74) is -0.0926. The average molecular weight is 136 g/mol. The van der Waals surface area contributed by atoms with Crippen molar-refractivity contribution in [3.8, 4) is 0 Å². The van der Waals surface area contributed by atoms with E-state index in [1.807, 2.05) is 0 Å². The molecular weight excluding hydrogens is 132 g/mol. The molecule has 0 aliphatic heterocycles. The fourth-order valence-corrected chi connectivity index (χ4v) is 0.564. The van der Waals surface area contributed by atoms with Gasteiger partial charge in [0.05, 0.1) is 6.26 Å². The number of hydrogen-bond donors (Lipinski definition) is 0. The fourth-order valence-electron chi connectivity index (χ4n) is 0.564. The monoisotopic (exact) mass is 136 g/mol. The zero-order valence-electron chi connectivity index (χ0n) is 5.03. The lowest BCUT2D eigenvalue weighted by molar-refractivity contribution is -0.103. The minimum absolute atomic E-state index is 0.0926. The average Bonchev–Trinajstić information content (AvgIpc) is 2.43. The van der Waals surface area contributed by atoms with Gasteiger partial charge < -0.3 is 4.42 Å². The zero-order valence-corrected chi connectivity index (χ0v) is 5.03. The molecule has 0 saturated carbocycles. The molecule has 0 atom stereocenters. The van der Waals surface area contributed by atoms with E-state index in [-0.39, 0.29) is 11.3 Å². The van der Waals surface area contributed by atoms with Crippen molar-refractivity contribution in [2.75, 3.05) is 0 Å². The Morgan fingerprint density at radius 1 is 1.70 bits per heavy atom. The molecule has 0 aliphatic rings. The number of aldehydes is 1. The highest BCUT2D eigenvalue weighted by atomic mass is 16.3. The Morgan fingerprint density at radius 3 is 2.90 bits per heavy atom. The van der Waals surface area contributed by atoms with Crippen molar-refractivity contribution in [3.05, 3.63) is 24.2 Å². The summed E-state index contributed by atoms with van der Waals surface area (Å²) < 4.78 is 4.75. The Labute approximate surface area is 57.0 Å². The molecule has 1 heterocycles. The number of rotatable bonds is 2. The maximum absolute atomic E-state index is 10.1. The van der Waals surface area contributed by atoms with Crippen molar-refractivity contribution in [2.45, 2.75) is 0 Å². The Hall–Kier alpha value is -1.60. The SMILES string of the molecule is O=C=C(C=O)c1ccco1. The van der Waals surface area contributed by atoms with Crippen LogP contribution in [-0.2, 0) is 9.59 Å². The van der Waals surface area contributed by atoms with Gasteiger partial charge in [-0.3, -0.25) is 4.79 Å². The van der Waals surface area contributed by atoms with Crippen LogP contribution in [0.15, 0.2) is 22.8 Å². The predicted octanol–water partition coefficient (Wildman–Crippen LogP) is 0.694. The van der Waals surface area contributed by atoms with Crippen molar-refractivity contribution < 1.29 is 14.0 Å². The van der Waals surface area contributed by atoms with Gasteiger partial charge in [-0.2, -0.15) is 0 Å². The molecule has 0 saturated heterocycles. The number of carbonyl (C=O) groups excluding carboxylic acids is 2. The van der Waals surface area contributed by atoms with Gasteiger partial charge in [-0.25, -0.2) is 4.79 Å². The smallest absolute Gasteiger partial charge is 0.164 e. The molecule has 0 unspecified atom stereocenters. The van der Waals surface area contributed by atoms with E-state index < -0.39 is 0 Å². The van der Waals surface area contributed by atoms with E-state index in [9.17, 15) is 9.59 Å². The molecule has 0 amide bonds. The minimum atomic E-state index is -0.0926. The lowest BCUT2D eigenvalue weighted by Crippen LogP contribution is -1.81. The molecule has 1 aromatic rings. The van der Waals surface area contributed by atoms with Crippen LogP contribution in [-0.4, -0.2) is 12.2 Å². The third kappa shape index (κ3) is 1.04. The van der Waals surface area contributed by atoms with E-state index in [2.05, 4.69) is 0 Å². The van der Waals surface area contributed by atoms with Crippen LogP contribution in [0.3, 0.4) is 0 Å². The van der Waals surface area contributed by atoms with Gasteiger partial charge in [0, 0.05) is 0 Å². The number of allylic oxidation sites excluding steroid dienone is 1. The van der Waals surface area contributed by atoms with Crippen LogP contribution in [0.2, 0.25) is 0 Å². The Morgan fingerprint density at radius 2 is 2.50 bits per heavy atom. The molecule has 0 aromatic carbocycles. The van der Waals surface area contributed by atoms with Crippen LogP contribution in [0.25, 0.3) is 5.57 Å². The second kappa shape index (κ2) is 2.80. The molecule has 3 nitrogen and oxygen atoms in total. The Balaban J connectivity index is 3.07. The fraction of sp³-hybridized carbons (Fsp3) is 0. The molecule has 0 aliphatic carbocycles. The second-order valence-electron chi connectivity index (χ2n) is 1.61. The van der Waals surface area contributed by atoms with Gasteiger partial charge >= 0.3 is 0 Å². The van der Waals surface area contributed by atoms with Gasteiger partial charge in [0.1, 0.15) is 17.3 Å². The van der Waals surface area contributed by atoms with E-state index in [1.165, 1.54) is 18.3 Å². The summed E-state index contributed by atoms with van der Waals surface area (Å²) in [6.07, 6.45) is 1.79. The van der Waals surface area contributed by atoms with Crippen LogP contribution in [0, 0.1) is 0 Å². The van der Waals surface area contributed by atoms with Gasteiger partial charge in [0.25, 0.3) is 0 Å². The molecule has 0 fully saturated rings. The number of carbonyl (C=O) groups is 1. The lowest BCUT2D eigenvalue weighted by atomic mass is 10.3. The summed E-state index contributed by atoms with van der Waals surface area (Å²) in [6, 6.07) is 3.12. The van der Waals surface area contributed by atoms with Crippen LogP contribution in [0.5, 0.6) is 0 Å². The molecule has 50 valence electrons. The molecule has 10 heavy (non-hydrogen) atoms. The highest BCUT2D eigenvalue weighted by Crippen LogP contribution is 2.07. The first kappa shape index (κ1) is 6.52. The number of furan rings is 1. The molecule has 3 heteroatoms. The molecule has 1 rings (SSSR count). The molecule has 1 aromatic heterocycles. The maximum Gasteiger partial charge on any atom is 0.164 e. The summed E-state index contributed by atoms with van der Waals surface area (Å²) in [4.78, 5) is 20.1. The first-order valence-corrected chi connectivity index (χ1v) is 2.62. The van der Waals surface area contributed by atoms with E-state index in [0.29, 0.717) is 6.29 Å². The third-order valence-electron chi connectivity index (χ3n) is 1.01. The van der Waals surface area contributed by atoms with Gasteiger partial charge in [0.15, 0.2) is 6.29 Å². The highest BCUT2D eigenvalue weighted by molar-refractivity contribution is 6.16. The first-order valence-electron chi connectivity index (χ1n) is 2.62. The van der Waals surface area contributed by atoms with Gasteiger partial charge in [-0.15, -0.1) is 0 Å². The molecular formula is C7H4O3. The van der Waals surface area contributed by atoms with Crippen LogP contribution in [0.1, 0.15) is 5.76 Å². The topological polar surface area (TPSA) is 47.3 Å². The lowest BCUT2D eigenvalue weighted by Gasteiger charge is -1.82. The zero-order chi connectivity index (χ0) is 7.40. The Kier molecular flexibility index (Phi) is 1.83. The van der Waals surface area contributed by atoms with Crippen molar-refractivity contribution in [1.82, 2.24) is 0 Å². The summed E-state index contributed by atoms with van der Waals surface area (Å²) in [5.74, 6) is 1.71. The largest absolute Gasteiger partial charge is 0.463 e. The van der Waals surface area contributed by atoms with Crippen LogP contribution < -0.4 is 0 Å². The summed E-state index contributed by atoms with van der Waals surface area (Å²) in [5, 5.41) is 0. The first-order chi connectivity index (χ1) is 4.88. The Bertz CT molecular complexity index is 265. The molecule has 0 N–H and O–H groups in total. The van der Waals surface area contributed by atoms with Crippen LogP contribution >= 0.6 is 0 Å². The molecule has 0 spiro atoms. The van der Waals surface area contributed by atoms with Gasteiger partial charge in [-0.1, -0.05) is 0 Å². The van der Waals surface area contributed by atoms with Crippen molar-refractivity contribution in [2.24, 2.45) is 0 Å². The van der Waals surface area contributed by atoms with Gasteiger partial charge in [0.2, 0.25) is 0 Å². The third-order valence-corrected chi connectivity index (χ3v) is 1.01. The van der Waals surface area contributed by atoms with E-state index in [4.69, 9.17) is 4.42 Å². The van der Waals surface area contributed by atoms with Crippen molar-refractivity contribution in [1.29, 1.82) is 0 Å². The van der Waals surface area contributed by atoms with E-state index in [1.54, 1.807) is 6.07 Å². The second-order valence-corrected chi connectivity index (χ2v) is 1.61. The van der Waals surface area contributed by atoms with Gasteiger partial charge in [-0.05, 0) is 12.1 Å². The molecule has 0 radical (unpaired) electrons. The van der Waals surface area contributed by atoms with Crippen molar-refractivity contribution >= 4 is 17.8 Å². The standard InChI is InChI=1S/C7H4O3/c8-4-6(5-9)7-2-1-3-10-7/h1-4H. The predicted molar refractivity (Wildman–Crippen MR) is 33.9 cm³/mol. The normalized spacial score (nSPS) is 8.40. The summed E-state index contributed by atoms with van der Waals surface area (Å²) >= 11 is 0. The summed E-state index contributed by atoms with van der Waals surface area (Å²) in [7, 11) is 0. The quantitative estimate of drug-likeness (QED) is 0.341. The minimum Gasteiger partial charge on any atom is -0.463 e.